The van der Waals surface area contributed by atoms with Crippen molar-refractivity contribution in [2.45, 2.75) is 13.5 Å². The van der Waals surface area contributed by atoms with Crippen molar-refractivity contribution in [3.63, 3.8) is 0 Å². The Hall–Kier alpha value is -3.35. The Kier molecular flexibility index (Phi) is 4.65. The van der Waals surface area contributed by atoms with Gasteiger partial charge >= 0.3 is 0 Å². The summed E-state index contributed by atoms with van der Waals surface area (Å²) in [6.07, 6.45) is 0. The molecule has 7 nitrogen and oxygen atoms in total. The Morgan fingerprint density at radius 1 is 1.24 bits per heavy atom. The Morgan fingerprint density at radius 3 is 2.80 bits per heavy atom. The molecule has 1 amide bonds. The Morgan fingerprint density at radius 2 is 2.04 bits per heavy atom. The number of aromatic nitrogens is 2. The van der Waals surface area contributed by atoms with E-state index >= 15 is 0 Å². The summed E-state index contributed by atoms with van der Waals surface area (Å²) in [6.45, 7) is 2.15. The van der Waals surface area contributed by atoms with E-state index in [0.29, 0.717) is 29.6 Å². The van der Waals surface area contributed by atoms with Gasteiger partial charge in [-0.3, -0.25) is 4.79 Å². The highest BCUT2D eigenvalue weighted by molar-refractivity contribution is 5.95. The maximum Gasteiger partial charge on any atom is 0.249 e. The van der Waals surface area contributed by atoms with Crippen molar-refractivity contribution in [3.05, 3.63) is 59.5 Å². The fourth-order valence-electron chi connectivity index (χ4n) is 2.53. The van der Waals surface area contributed by atoms with E-state index in [4.69, 9.17) is 15.0 Å². The molecule has 3 N–H and O–H groups in total. The number of benzene rings is 2. The van der Waals surface area contributed by atoms with Gasteiger partial charge in [-0.25, -0.2) is 0 Å². The number of primary amides is 1. The SMILES string of the molecule is COc1ccccc1-c1noc(CNc2cccc(C(N)=O)c2C)n1. The van der Waals surface area contributed by atoms with Crippen molar-refractivity contribution in [2.24, 2.45) is 5.73 Å². The van der Waals surface area contributed by atoms with Crippen LogP contribution in [0, 0.1) is 6.92 Å². The third-order valence-electron chi connectivity index (χ3n) is 3.85. The molecule has 0 aliphatic carbocycles. The van der Waals surface area contributed by atoms with Crippen LogP contribution in [0.4, 0.5) is 5.69 Å². The molecule has 7 heteroatoms. The van der Waals surface area contributed by atoms with Gasteiger partial charge < -0.3 is 20.3 Å². The molecule has 1 heterocycles. The normalized spacial score (nSPS) is 10.5. The smallest absolute Gasteiger partial charge is 0.249 e. The number of hydrogen-bond donors (Lipinski definition) is 2. The number of nitrogens with one attached hydrogen (secondary N) is 1. The van der Waals surface area contributed by atoms with Gasteiger partial charge in [0.2, 0.25) is 17.6 Å². The molecule has 1 aromatic heterocycles. The number of para-hydroxylation sites is 1. The van der Waals surface area contributed by atoms with E-state index in [2.05, 4.69) is 15.5 Å². The van der Waals surface area contributed by atoms with Crippen molar-refractivity contribution in [1.82, 2.24) is 10.1 Å². The maximum atomic E-state index is 11.4. The van der Waals surface area contributed by atoms with Crippen molar-refractivity contribution >= 4 is 11.6 Å². The van der Waals surface area contributed by atoms with Crippen molar-refractivity contribution < 1.29 is 14.1 Å². The number of nitrogens with zero attached hydrogens (tertiary/aromatic N) is 2. The highest BCUT2D eigenvalue weighted by Gasteiger charge is 2.13. The molecule has 25 heavy (non-hydrogen) atoms. The number of carbonyl (C=O) groups is 1. The fraction of sp³-hybridized carbons (Fsp3) is 0.167. The number of hydrogen-bond acceptors (Lipinski definition) is 6. The van der Waals surface area contributed by atoms with Gasteiger partial charge in [0, 0.05) is 11.3 Å². The molecule has 0 aliphatic rings. The second kappa shape index (κ2) is 7.04. The average molecular weight is 338 g/mol. The molecular weight excluding hydrogens is 320 g/mol. The van der Waals surface area contributed by atoms with Gasteiger partial charge in [0.1, 0.15) is 5.75 Å². The summed E-state index contributed by atoms with van der Waals surface area (Å²) in [7, 11) is 1.59. The second-order valence-corrected chi connectivity index (χ2v) is 5.41. The lowest BCUT2D eigenvalue weighted by Crippen LogP contribution is -2.14. The van der Waals surface area contributed by atoms with Gasteiger partial charge in [0.15, 0.2) is 0 Å². The van der Waals surface area contributed by atoms with E-state index in [-0.39, 0.29) is 0 Å². The summed E-state index contributed by atoms with van der Waals surface area (Å²) in [5.74, 6) is 1.09. The Labute approximate surface area is 144 Å². The average Bonchev–Trinajstić information content (AvgIpc) is 3.09. The van der Waals surface area contributed by atoms with Crippen LogP contribution in [0.1, 0.15) is 21.8 Å². The highest BCUT2D eigenvalue weighted by Crippen LogP contribution is 2.27. The molecule has 0 unspecified atom stereocenters. The summed E-state index contributed by atoms with van der Waals surface area (Å²) in [6, 6.07) is 12.8. The standard InChI is InChI=1S/C18H18N4O3/c1-11-12(17(19)23)7-5-8-14(11)20-10-16-21-18(22-25-16)13-6-3-4-9-15(13)24-2/h3-9,20H,10H2,1-2H3,(H2,19,23). The van der Waals surface area contributed by atoms with Crippen LogP contribution in [-0.4, -0.2) is 23.2 Å². The lowest BCUT2D eigenvalue weighted by atomic mass is 10.1. The summed E-state index contributed by atoms with van der Waals surface area (Å²) < 4.78 is 10.6. The maximum absolute atomic E-state index is 11.4. The van der Waals surface area contributed by atoms with Crippen LogP contribution in [0.25, 0.3) is 11.4 Å². The molecule has 0 saturated heterocycles. The van der Waals surface area contributed by atoms with E-state index in [1.54, 1.807) is 19.2 Å². The first-order chi connectivity index (χ1) is 12.1. The number of ether oxygens (including phenoxy) is 1. The summed E-state index contributed by atoms with van der Waals surface area (Å²) in [5.41, 5.74) is 8.16. The van der Waals surface area contributed by atoms with Crippen LogP contribution in [0.3, 0.4) is 0 Å². The zero-order chi connectivity index (χ0) is 17.8. The van der Waals surface area contributed by atoms with Gasteiger partial charge in [-0.15, -0.1) is 0 Å². The predicted octanol–water partition coefficient (Wildman–Crippen LogP) is 2.76. The number of nitrogens with two attached hydrogens (primary N) is 1. The number of methoxy groups -OCH3 is 1. The Balaban J connectivity index is 1.77. The lowest BCUT2D eigenvalue weighted by Gasteiger charge is -2.10. The van der Waals surface area contributed by atoms with Crippen LogP contribution < -0.4 is 15.8 Å². The van der Waals surface area contributed by atoms with E-state index in [0.717, 1.165) is 16.8 Å². The van der Waals surface area contributed by atoms with Crippen molar-refractivity contribution in [1.29, 1.82) is 0 Å². The van der Waals surface area contributed by atoms with Crippen molar-refractivity contribution in [3.8, 4) is 17.1 Å². The van der Waals surface area contributed by atoms with Gasteiger partial charge in [-0.1, -0.05) is 23.4 Å². The second-order valence-electron chi connectivity index (χ2n) is 5.41. The number of amides is 1. The van der Waals surface area contributed by atoms with Crippen LogP contribution in [0.2, 0.25) is 0 Å². The molecule has 128 valence electrons. The molecular formula is C18H18N4O3. The van der Waals surface area contributed by atoms with Gasteiger partial charge in [0.05, 0.1) is 19.2 Å². The number of anilines is 1. The summed E-state index contributed by atoms with van der Waals surface area (Å²) in [4.78, 5) is 15.8. The molecule has 0 spiro atoms. The zero-order valence-corrected chi connectivity index (χ0v) is 13.9. The summed E-state index contributed by atoms with van der Waals surface area (Å²) in [5, 5.41) is 7.18. The van der Waals surface area contributed by atoms with Crippen LogP contribution in [0.15, 0.2) is 47.0 Å². The zero-order valence-electron chi connectivity index (χ0n) is 13.9. The minimum absolute atomic E-state index is 0.325. The van der Waals surface area contributed by atoms with Crippen LogP contribution in [-0.2, 0) is 6.54 Å². The molecule has 0 aliphatic heterocycles. The van der Waals surface area contributed by atoms with E-state index in [9.17, 15) is 4.79 Å². The monoisotopic (exact) mass is 338 g/mol. The molecule has 0 radical (unpaired) electrons. The molecule has 2 aromatic carbocycles. The van der Waals surface area contributed by atoms with E-state index in [1.165, 1.54) is 0 Å². The van der Waals surface area contributed by atoms with Crippen LogP contribution >= 0.6 is 0 Å². The largest absolute Gasteiger partial charge is 0.496 e. The minimum Gasteiger partial charge on any atom is -0.496 e. The number of carbonyl (C=O) groups excluding carboxylic acids is 1. The lowest BCUT2D eigenvalue weighted by molar-refractivity contribution is 0.1000. The van der Waals surface area contributed by atoms with Gasteiger partial charge in [0.25, 0.3) is 0 Å². The molecule has 0 fully saturated rings. The minimum atomic E-state index is -0.461. The third kappa shape index (κ3) is 3.45. The fourth-order valence-corrected chi connectivity index (χ4v) is 2.53. The van der Waals surface area contributed by atoms with E-state index < -0.39 is 5.91 Å². The molecule has 3 aromatic rings. The molecule has 0 atom stereocenters. The van der Waals surface area contributed by atoms with Gasteiger partial charge in [-0.2, -0.15) is 4.98 Å². The first-order valence-electron chi connectivity index (χ1n) is 7.69. The van der Waals surface area contributed by atoms with Crippen molar-refractivity contribution in [2.75, 3.05) is 12.4 Å². The molecule has 0 saturated carbocycles. The van der Waals surface area contributed by atoms with Gasteiger partial charge in [-0.05, 0) is 36.8 Å². The Bertz CT molecular complexity index is 905. The topological polar surface area (TPSA) is 103 Å². The first kappa shape index (κ1) is 16.5. The first-order valence-corrected chi connectivity index (χ1v) is 7.69. The van der Waals surface area contributed by atoms with E-state index in [1.807, 2.05) is 37.3 Å². The third-order valence-corrected chi connectivity index (χ3v) is 3.85. The highest BCUT2D eigenvalue weighted by atomic mass is 16.5. The number of rotatable bonds is 6. The quantitative estimate of drug-likeness (QED) is 0.716. The summed E-state index contributed by atoms with van der Waals surface area (Å²) >= 11 is 0. The molecule has 0 bridgehead atoms. The predicted molar refractivity (Wildman–Crippen MR) is 93.3 cm³/mol. The van der Waals surface area contributed by atoms with Crippen LogP contribution in [0.5, 0.6) is 5.75 Å². The molecule has 3 rings (SSSR count).